The number of H-pyrrole nitrogens is 1. The predicted molar refractivity (Wildman–Crippen MR) is 175 cm³/mol. The van der Waals surface area contributed by atoms with E-state index in [2.05, 4.69) is 29.7 Å². The SMILES string of the molecule is CC.CC.COC(=O)c1sc(-n2cnc3ccccc32)nc1C.COC(=O)c1sc(C)nc1C.c1ccc2[nH]cnc2c1. The number of esters is 2. The summed E-state index contributed by atoms with van der Waals surface area (Å²) in [6.45, 7) is 13.5. The van der Waals surface area contributed by atoms with Gasteiger partial charge < -0.3 is 14.5 Å². The summed E-state index contributed by atoms with van der Waals surface area (Å²) in [7, 11) is 2.74. The number of thiazole rings is 2. The Bertz CT molecular complexity index is 1700. The summed E-state index contributed by atoms with van der Waals surface area (Å²) in [4.78, 5) is 43.6. The van der Waals surface area contributed by atoms with Crippen LogP contribution >= 0.6 is 22.7 Å². The van der Waals surface area contributed by atoms with Crippen LogP contribution in [0.3, 0.4) is 0 Å². The van der Waals surface area contributed by atoms with Gasteiger partial charge in [-0.1, -0.05) is 63.3 Å². The van der Waals surface area contributed by atoms with Gasteiger partial charge in [0.1, 0.15) is 16.1 Å². The van der Waals surface area contributed by atoms with Crippen molar-refractivity contribution in [2.75, 3.05) is 14.2 Å². The second-order valence-corrected chi connectivity index (χ2v) is 10.2. The Labute approximate surface area is 259 Å². The molecule has 6 rings (SSSR count). The van der Waals surface area contributed by atoms with Crippen LogP contribution in [0.15, 0.2) is 61.2 Å². The summed E-state index contributed by atoms with van der Waals surface area (Å²) in [6, 6.07) is 15.7. The van der Waals surface area contributed by atoms with E-state index in [1.165, 1.54) is 36.9 Å². The summed E-state index contributed by atoms with van der Waals surface area (Å²) in [5, 5.41) is 1.61. The number of methoxy groups -OCH3 is 2. The molecular formula is C31H38N6O4S2. The number of fused-ring (bicyclic) bond motifs is 2. The zero-order valence-electron chi connectivity index (χ0n) is 26.0. The lowest BCUT2D eigenvalue weighted by atomic mass is 10.3. The predicted octanol–water partition coefficient (Wildman–Crippen LogP) is 7.74. The molecule has 0 spiro atoms. The molecule has 0 radical (unpaired) electrons. The van der Waals surface area contributed by atoms with Crippen molar-refractivity contribution in [3.05, 3.63) is 87.3 Å². The van der Waals surface area contributed by atoms with E-state index >= 15 is 0 Å². The van der Waals surface area contributed by atoms with Crippen molar-refractivity contribution in [3.8, 4) is 5.13 Å². The first-order valence-electron chi connectivity index (χ1n) is 13.7. The molecule has 2 aromatic carbocycles. The first-order valence-corrected chi connectivity index (χ1v) is 15.3. The summed E-state index contributed by atoms with van der Waals surface area (Å²) in [5.41, 5.74) is 5.40. The van der Waals surface area contributed by atoms with Gasteiger partial charge in [0.15, 0.2) is 5.13 Å². The third kappa shape index (κ3) is 9.03. The number of carbonyl (C=O) groups is 2. The molecule has 0 saturated heterocycles. The maximum Gasteiger partial charge on any atom is 0.350 e. The highest BCUT2D eigenvalue weighted by Crippen LogP contribution is 2.25. The molecule has 12 heteroatoms. The number of benzene rings is 2. The Kier molecular flexibility index (Phi) is 14.2. The van der Waals surface area contributed by atoms with Crippen molar-refractivity contribution in [2.24, 2.45) is 0 Å². The van der Waals surface area contributed by atoms with E-state index in [4.69, 9.17) is 4.74 Å². The molecule has 0 amide bonds. The summed E-state index contributed by atoms with van der Waals surface area (Å²) in [5.74, 6) is -0.654. The van der Waals surface area contributed by atoms with E-state index in [1.54, 1.807) is 26.5 Å². The molecule has 0 aliphatic rings. The smallest absolute Gasteiger partial charge is 0.350 e. The van der Waals surface area contributed by atoms with Crippen molar-refractivity contribution < 1.29 is 19.1 Å². The Morgan fingerprint density at radius 1 is 0.744 bits per heavy atom. The number of rotatable bonds is 3. The Morgan fingerprint density at radius 2 is 1.30 bits per heavy atom. The zero-order chi connectivity index (χ0) is 31.9. The van der Waals surface area contributed by atoms with Crippen LogP contribution in [0.4, 0.5) is 0 Å². The van der Waals surface area contributed by atoms with Crippen molar-refractivity contribution in [3.63, 3.8) is 0 Å². The highest BCUT2D eigenvalue weighted by Gasteiger charge is 2.17. The van der Waals surface area contributed by atoms with Crippen molar-refractivity contribution in [2.45, 2.75) is 48.5 Å². The highest BCUT2D eigenvalue weighted by atomic mass is 32.1. The van der Waals surface area contributed by atoms with Gasteiger partial charge in [-0.2, -0.15) is 0 Å². The van der Waals surface area contributed by atoms with Crippen LogP contribution in [0.2, 0.25) is 0 Å². The minimum atomic E-state index is -0.356. The van der Waals surface area contributed by atoms with Crippen molar-refractivity contribution in [1.82, 2.24) is 29.5 Å². The van der Waals surface area contributed by atoms with Gasteiger partial charge in [-0.05, 0) is 45.0 Å². The molecule has 0 aliphatic carbocycles. The number of nitrogens with one attached hydrogen (secondary N) is 1. The second-order valence-electron chi connectivity index (χ2n) is 8.06. The number of aromatic nitrogens is 6. The van der Waals surface area contributed by atoms with E-state index in [-0.39, 0.29) is 11.9 Å². The van der Waals surface area contributed by atoms with Crippen LogP contribution in [-0.4, -0.2) is 55.6 Å². The first-order chi connectivity index (χ1) is 20.8. The molecule has 1 N–H and O–H groups in total. The normalized spacial score (nSPS) is 9.70. The van der Waals surface area contributed by atoms with Gasteiger partial charge in [0.05, 0.1) is 59.0 Å². The van der Waals surface area contributed by atoms with Crippen LogP contribution in [0.1, 0.15) is 63.4 Å². The number of hydrogen-bond acceptors (Lipinski definition) is 10. The maximum absolute atomic E-state index is 11.6. The van der Waals surface area contributed by atoms with E-state index in [0.717, 1.165) is 32.8 Å². The van der Waals surface area contributed by atoms with Crippen molar-refractivity contribution in [1.29, 1.82) is 0 Å². The molecule has 0 fully saturated rings. The van der Waals surface area contributed by atoms with E-state index in [1.807, 2.05) is 87.7 Å². The fourth-order valence-electron chi connectivity index (χ4n) is 3.57. The van der Waals surface area contributed by atoms with Gasteiger partial charge in [0, 0.05) is 0 Å². The van der Waals surface area contributed by atoms with Gasteiger partial charge in [0.25, 0.3) is 0 Å². The number of nitrogens with zero attached hydrogens (tertiary/aromatic N) is 5. The Hall–Kier alpha value is -4.42. The molecule has 4 heterocycles. The zero-order valence-corrected chi connectivity index (χ0v) is 27.6. The Balaban J connectivity index is 0.000000229. The number of imidazole rings is 2. The minimum Gasteiger partial charge on any atom is -0.465 e. The lowest BCUT2D eigenvalue weighted by Crippen LogP contribution is -1.99. The number of carbonyl (C=O) groups excluding carboxylic acids is 2. The topological polar surface area (TPSA) is 125 Å². The lowest BCUT2D eigenvalue weighted by molar-refractivity contribution is 0.0596. The quantitative estimate of drug-likeness (QED) is 0.199. The molecule has 43 heavy (non-hydrogen) atoms. The van der Waals surface area contributed by atoms with Gasteiger partial charge in [-0.25, -0.2) is 29.5 Å². The largest absolute Gasteiger partial charge is 0.465 e. The number of aromatic amines is 1. The third-order valence-corrected chi connectivity index (χ3v) is 7.61. The molecule has 6 aromatic rings. The fourth-order valence-corrected chi connectivity index (χ4v) is 5.38. The second kappa shape index (κ2) is 17.5. The number of para-hydroxylation sites is 4. The average Bonchev–Trinajstić information content (AvgIpc) is 3.84. The van der Waals surface area contributed by atoms with Crippen LogP contribution in [0.25, 0.3) is 27.2 Å². The first kappa shape index (κ1) is 34.8. The molecule has 0 atom stereocenters. The Morgan fingerprint density at radius 3 is 1.88 bits per heavy atom. The molecular weight excluding hydrogens is 585 g/mol. The molecule has 0 saturated carbocycles. The maximum atomic E-state index is 11.6. The molecule has 0 aliphatic heterocycles. The molecule has 0 bridgehead atoms. The van der Waals surface area contributed by atoms with Crippen LogP contribution in [0.5, 0.6) is 0 Å². The van der Waals surface area contributed by atoms with Crippen LogP contribution in [0, 0.1) is 20.8 Å². The number of hydrogen-bond donors (Lipinski definition) is 1. The number of ether oxygens (including phenoxy) is 2. The monoisotopic (exact) mass is 622 g/mol. The summed E-state index contributed by atoms with van der Waals surface area (Å²) >= 11 is 2.66. The van der Waals surface area contributed by atoms with E-state index in [0.29, 0.717) is 20.6 Å². The van der Waals surface area contributed by atoms with E-state index in [9.17, 15) is 9.59 Å². The fraction of sp³-hybridized carbons (Fsp3) is 0.290. The molecule has 0 unspecified atom stereocenters. The molecule has 228 valence electrons. The molecule has 10 nitrogen and oxygen atoms in total. The average molecular weight is 623 g/mol. The van der Waals surface area contributed by atoms with E-state index < -0.39 is 0 Å². The van der Waals surface area contributed by atoms with Gasteiger partial charge in [0.2, 0.25) is 0 Å². The van der Waals surface area contributed by atoms with Gasteiger partial charge in [-0.3, -0.25) is 4.57 Å². The van der Waals surface area contributed by atoms with Gasteiger partial charge in [-0.15, -0.1) is 11.3 Å². The third-order valence-electron chi connectivity index (χ3n) is 5.42. The lowest BCUT2D eigenvalue weighted by Gasteiger charge is -1.97. The highest BCUT2D eigenvalue weighted by molar-refractivity contribution is 7.16. The van der Waals surface area contributed by atoms with Gasteiger partial charge >= 0.3 is 11.9 Å². The van der Waals surface area contributed by atoms with Crippen LogP contribution < -0.4 is 0 Å². The standard InChI is InChI=1S/C13H11N3O2S.C7H6N2.C7H9NO2S.2C2H6/c1-8-11(12(17)18-2)19-13(15-8)16-7-14-9-5-3-4-6-10(9)16;1-2-4-7-6(3-1)8-5-9-7;1-4-6(7(9)10-3)11-5(2)8-4;2*1-2/h3-7H,1-2H3;1-5H,(H,8,9);1-3H3;2*1-2H3. The van der Waals surface area contributed by atoms with Crippen LogP contribution in [-0.2, 0) is 9.47 Å². The summed E-state index contributed by atoms with van der Waals surface area (Å²) < 4.78 is 11.2. The number of aryl methyl sites for hydroxylation is 3. The molecule has 4 aromatic heterocycles. The van der Waals surface area contributed by atoms with Crippen molar-refractivity contribution >= 4 is 56.7 Å². The minimum absolute atomic E-state index is 0.298. The summed E-state index contributed by atoms with van der Waals surface area (Å²) in [6.07, 6.45) is 3.41.